The van der Waals surface area contributed by atoms with E-state index in [0.717, 1.165) is 12.1 Å². The van der Waals surface area contributed by atoms with Crippen molar-refractivity contribution >= 4 is 15.7 Å². The fraction of sp³-hybridized carbons (Fsp3) is 0.500. The molecular weight excluding hydrogens is 287 g/mol. The summed E-state index contributed by atoms with van der Waals surface area (Å²) in [4.78, 5) is 9.49. The van der Waals surface area contributed by atoms with Gasteiger partial charge in [-0.15, -0.1) is 0 Å². The van der Waals surface area contributed by atoms with E-state index in [0.29, 0.717) is 12.8 Å². The highest BCUT2D eigenvalue weighted by Crippen LogP contribution is 2.25. The van der Waals surface area contributed by atoms with Crippen molar-refractivity contribution in [2.24, 2.45) is 0 Å². The van der Waals surface area contributed by atoms with Gasteiger partial charge in [0.2, 0.25) is 15.8 Å². The van der Waals surface area contributed by atoms with Gasteiger partial charge in [-0.1, -0.05) is 13.8 Å². The molecule has 112 valence electrons. The van der Waals surface area contributed by atoms with Crippen LogP contribution in [0.3, 0.4) is 0 Å². The molecule has 0 radical (unpaired) electrons. The zero-order valence-electron chi connectivity index (χ0n) is 11.5. The number of nitro benzene ring substituents is 1. The van der Waals surface area contributed by atoms with Crippen LogP contribution in [0.5, 0.6) is 0 Å². The molecule has 0 fully saturated rings. The average molecular weight is 304 g/mol. The summed E-state index contributed by atoms with van der Waals surface area (Å²) in [7, 11) is -3.91. The van der Waals surface area contributed by atoms with E-state index in [1.807, 2.05) is 13.8 Å². The lowest BCUT2D eigenvalue weighted by Gasteiger charge is -2.16. The molecule has 0 unspecified atom stereocenters. The summed E-state index contributed by atoms with van der Waals surface area (Å²) in [6.45, 7) is 5.06. The Labute approximate surface area is 117 Å². The van der Waals surface area contributed by atoms with E-state index in [2.05, 4.69) is 4.72 Å². The third-order valence-corrected chi connectivity index (χ3v) is 4.70. The molecule has 0 bridgehead atoms. The van der Waals surface area contributed by atoms with Gasteiger partial charge < -0.3 is 0 Å². The molecule has 1 aromatic rings. The van der Waals surface area contributed by atoms with Crippen molar-refractivity contribution < 1.29 is 17.7 Å². The topological polar surface area (TPSA) is 89.3 Å². The zero-order valence-corrected chi connectivity index (χ0v) is 12.3. The quantitative estimate of drug-likeness (QED) is 0.646. The summed E-state index contributed by atoms with van der Waals surface area (Å²) >= 11 is 0. The number of hydrogen-bond donors (Lipinski definition) is 1. The van der Waals surface area contributed by atoms with Crippen molar-refractivity contribution in [3.8, 4) is 0 Å². The Balaban J connectivity index is 3.31. The largest absolute Gasteiger partial charge is 0.306 e. The number of nitrogens with zero attached hydrogens (tertiary/aromatic N) is 1. The molecule has 0 saturated heterocycles. The maximum absolute atomic E-state index is 13.4. The Morgan fingerprint density at radius 3 is 2.35 bits per heavy atom. The van der Waals surface area contributed by atoms with Crippen LogP contribution in [0.25, 0.3) is 0 Å². The Hall–Kier alpha value is -1.54. The van der Waals surface area contributed by atoms with Crippen LogP contribution in [-0.4, -0.2) is 19.4 Å². The molecule has 8 heteroatoms. The first-order valence-electron chi connectivity index (χ1n) is 6.19. The van der Waals surface area contributed by atoms with Crippen molar-refractivity contribution in [1.29, 1.82) is 0 Å². The lowest BCUT2D eigenvalue weighted by molar-refractivity contribution is -0.387. The Kier molecular flexibility index (Phi) is 5.18. The summed E-state index contributed by atoms with van der Waals surface area (Å²) in [6.07, 6.45) is 1.19. The summed E-state index contributed by atoms with van der Waals surface area (Å²) in [5.74, 6) is -1.05. The van der Waals surface area contributed by atoms with Crippen LogP contribution >= 0.6 is 0 Å². The van der Waals surface area contributed by atoms with E-state index >= 15 is 0 Å². The second-order valence-corrected chi connectivity index (χ2v) is 6.14. The predicted molar refractivity (Wildman–Crippen MR) is 72.5 cm³/mol. The van der Waals surface area contributed by atoms with E-state index in [9.17, 15) is 22.9 Å². The standard InChI is InChI=1S/C12H17FN2O4S/c1-4-9(5-2)14-20(18,19)12-7-11(15(16)17)10(13)6-8(12)3/h6-7,9,14H,4-5H2,1-3H3. The monoisotopic (exact) mass is 304 g/mol. The van der Waals surface area contributed by atoms with Gasteiger partial charge in [0.25, 0.3) is 0 Å². The number of sulfonamides is 1. The number of halogens is 1. The van der Waals surface area contributed by atoms with Crippen LogP contribution in [0.15, 0.2) is 17.0 Å². The van der Waals surface area contributed by atoms with Gasteiger partial charge in [0.1, 0.15) is 0 Å². The second-order valence-electron chi connectivity index (χ2n) is 4.46. The van der Waals surface area contributed by atoms with Crippen LogP contribution < -0.4 is 4.72 Å². The molecule has 20 heavy (non-hydrogen) atoms. The fourth-order valence-electron chi connectivity index (χ4n) is 1.81. The van der Waals surface area contributed by atoms with E-state index in [-0.39, 0.29) is 16.5 Å². The first kappa shape index (κ1) is 16.5. The van der Waals surface area contributed by atoms with E-state index in [1.54, 1.807) is 0 Å². The van der Waals surface area contributed by atoms with E-state index in [1.165, 1.54) is 6.92 Å². The van der Waals surface area contributed by atoms with Gasteiger partial charge >= 0.3 is 5.69 Å². The maximum Gasteiger partial charge on any atom is 0.306 e. The molecule has 1 aromatic carbocycles. The maximum atomic E-state index is 13.4. The Morgan fingerprint density at radius 1 is 1.35 bits per heavy atom. The molecule has 6 nitrogen and oxygen atoms in total. The highest BCUT2D eigenvalue weighted by molar-refractivity contribution is 7.89. The zero-order chi connectivity index (χ0) is 15.5. The molecule has 0 spiro atoms. The van der Waals surface area contributed by atoms with Crippen LogP contribution in [0.4, 0.5) is 10.1 Å². The first-order valence-corrected chi connectivity index (χ1v) is 7.68. The number of benzene rings is 1. The molecule has 0 atom stereocenters. The van der Waals surface area contributed by atoms with E-state index < -0.39 is 26.5 Å². The lowest BCUT2D eigenvalue weighted by Crippen LogP contribution is -2.34. The number of aryl methyl sites for hydroxylation is 1. The molecule has 1 rings (SSSR count). The average Bonchev–Trinajstić information content (AvgIpc) is 2.35. The molecule has 0 heterocycles. The summed E-state index contributed by atoms with van der Waals surface area (Å²) in [5.41, 5.74) is -0.716. The van der Waals surface area contributed by atoms with Crippen molar-refractivity contribution in [3.05, 3.63) is 33.6 Å². The van der Waals surface area contributed by atoms with Crippen molar-refractivity contribution in [1.82, 2.24) is 4.72 Å². The number of nitrogens with one attached hydrogen (secondary N) is 1. The number of hydrogen-bond acceptors (Lipinski definition) is 4. The van der Waals surface area contributed by atoms with Crippen LogP contribution in [0, 0.1) is 22.9 Å². The normalized spacial score (nSPS) is 11.8. The molecule has 0 aliphatic carbocycles. The first-order chi connectivity index (χ1) is 9.22. The minimum Gasteiger partial charge on any atom is -0.258 e. The SMILES string of the molecule is CCC(CC)NS(=O)(=O)c1cc([N+](=O)[O-])c(F)cc1C. The van der Waals surface area contributed by atoms with Gasteiger partial charge in [-0.05, 0) is 31.4 Å². The molecule has 0 aliphatic heterocycles. The summed E-state index contributed by atoms with van der Waals surface area (Å²) in [5, 5.41) is 10.7. The minimum absolute atomic E-state index is 0.131. The van der Waals surface area contributed by atoms with Crippen LogP contribution in [0.1, 0.15) is 32.3 Å². The summed E-state index contributed by atoms with van der Waals surface area (Å²) < 4.78 is 40.3. The van der Waals surface area contributed by atoms with Gasteiger partial charge in [-0.3, -0.25) is 10.1 Å². The number of rotatable bonds is 6. The molecule has 0 aromatic heterocycles. The van der Waals surface area contributed by atoms with Gasteiger partial charge in [-0.25, -0.2) is 13.1 Å². The molecular formula is C12H17FN2O4S. The predicted octanol–water partition coefficient (Wildman–Crippen LogP) is 2.51. The van der Waals surface area contributed by atoms with Crippen LogP contribution in [0.2, 0.25) is 0 Å². The second kappa shape index (κ2) is 6.27. The Bertz CT molecular complexity index is 612. The van der Waals surface area contributed by atoms with E-state index in [4.69, 9.17) is 0 Å². The lowest BCUT2D eigenvalue weighted by atomic mass is 10.2. The van der Waals surface area contributed by atoms with Crippen molar-refractivity contribution in [2.45, 2.75) is 44.6 Å². The molecule has 0 saturated carbocycles. The fourth-order valence-corrected chi connectivity index (χ4v) is 3.46. The Morgan fingerprint density at radius 2 is 1.90 bits per heavy atom. The highest BCUT2D eigenvalue weighted by atomic mass is 32.2. The minimum atomic E-state index is -3.91. The third kappa shape index (κ3) is 3.51. The summed E-state index contributed by atoms with van der Waals surface area (Å²) in [6, 6.07) is 1.36. The molecule has 1 N–H and O–H groups in total. The third-order valence-electron chi connectivity index (χ3n) is 3.04. The smallest absolute Gasteiger partial charge is 0.258 e. The van der Waals surface area contributed by atoms with Crippen molar-refractivity contribution in [2.75, 3.05) is 0 Å². The van der Waals surface area contributed by atoms with Crippen LogP contribution in [-0.2, 0) is 10.0 Å². The van der Waals surface area contributed by atoms with Gasteiger partial charge in [0, 0.05) is 12.1 Å². The molecule has 0 aliphatic rings. The van der Waals surface area contributed by atoms with Crippen molar-refractivity contribution in [3.63, 3.8) is 0 Å². The van der Waals surface area contributed by atoms with Gasteiger partial charge in [-0.2, -0.15) is 4.39 Å². The van der Waals surface area contributed by atoms with Gasteiger partial charge in [0.05, 0.1) is 9.82 Å². The molecule has 0 amide bonds. The highest BCUT2D eigenvalue weighted by Gasteiger charge is 2.25. The number of nitro groups is 1. The van der Waals surface area contributed by atoms with Gasteiger partial charge in [0.15, 0.2) is 0 Å².